The molecule has 0 N–H and O–H groups in total. The van der Waals surface area contributed by atoms with Crippen molar-refractivity contribution in [1.29, 1.82) is 0 Å². The first kappa shape index (κ1) is 30.5. The summed E-state index contributed by atoms with van der Waals surface area (Å²) in [5.41, 5.74) is 0.330. The highest BCUT2D eigenvalue weighted by Gasteiger charge is 2.22. The van der Waals surface area contributed by atoms with E-state index in [1.807, 2.05) is 0 Å². The number of aromatic nitrogens is 2. The number of benzene rings is 2. The van der Waals surface area contributed by atoms with Gasteiger partial charge in [0.25, 0.3) is 0 Å². The Bertz CT molecular complexity index is 1570. The van der Waals surface area contributed by atoms with E-state index in [1.54, 1.807) is 10.8 Å². The van der Waals surface area contributed by atoms with Gasteiger partial charge in [0.2, 0.25) is 21.8 Å². The molecule has 20 heteroatoms. The molecule has 0 spiro atoms. The second kappa shape index (κ2) is 13.5. The molecule has 0 atom stereocenters. The molecule has 214 valence electrons. The van der Waals surface area contributed by atoms with Gasteiger partial charge in [0.15, 0.2) is 19.5 Å². The summed E-state index contributed by atoms with van der Waals surface area (Å²) < 4.78 is 85.1. The number of anilines is 4. The van der Waals surface area contributed by atoms with Crippen LogP contribution in [-0.4, -0.2) is 41.0 Å². The van der Waals surface area contributed by atoms with E-state index < -0.39 is 30.0 Å². The average molecular weight is 776 g/mol. The zero-order valence-electron chi connectivity index (χ0n) is 20.0. The monoisotopic (exact) mass is 774 g/mol. The van der Waals surface area contributed by atoms with Crippen molar-refractivity contribution in [1.82, 2.24) is 9.97 Å². The minimum atomic E-state index is -3.20. The van der Waals surface area contributed by atoms with Crippen molar-refractivity contribution in [2.45, 2.75) is 0 Å². The summed E-state index contributed by atoms with van der Waals surface area (Å²) in [4.78, 5) is 8.27. The van der Waals surface area contributed by atoms with Crippen molar-refractivity contribution in [3.05, 3.63) is 55.0 Å². The van der Waals surface area contributed by atoms with E-state index in [1.165, 1.54) is 73.3 Å². The highest BCUT2D eigenvalue weighted by Crippen LogP contribution is 2.42. The molecule has 2 aromatic heterocycles. The van der Waals surface area contributed by atoms with Crippen LogP contribution in [0.3, 0.4) is 0 Å². The molecule has 4 aromatic rings. The van der Waals surface area contributed by atoms with Crippen molar-refractivity contribution in [2.75, 3.05) is 22.8 Å². The molecular weight excluding hydrogens is 759 g/mol. The van der Waals surface area contributed by atoms with Gasteiger partial charge in [-0.1, -0.05) is 0 Å². The average Bonchev–Trinajstić information content (AvgIpc) is 3.53. The molecular formula is C20H17Br2N4O9PS4. The zero-order valence-corrected chi connectivity index (χ0v) is 27.6. The maximum atomic E-state index is 12.7. The van der Waals surface area contributed by atoms with Gasteiger partial charge in [-0.3, -0.25) is 0 Å². The standard InChI is InChI=1S/C20H17Br2N4O9PS4/c1-32-15-7-11(3-5-13(15)25(39(28)29)17-9-37-19(21)23-17)34-36(27)35-12-4-6-14(16(8-12)33-2)26(40(30)31)18-10-38-20(22)24-18/h3-10,36,39-40H,1-2H3. The predicted molar refractivity (Wildman–Crippen MR) is 161 cm³/mol. The van der Waals surface area contributed by atoms with Crippen molar-refractivity contribution in [2.24, 2.45) is 0 Å². The largest absolute Gasteiger partial charge is 0.494 e. The van der Waals surface area contributed by atoms with E-state index in [0.29, 0.717) is 7.83 Å². The molecule has 0 saturated heterocycles. The molecule has 0 amide bonds. The van der Waals surface area contributed by atoms with E-state index in [2.05, 4.69) is 41.8 Å². The summed E-state index contributed by atoms with van der Waals surface area (Å²) in [6, 6.07) is 8.33. The summed E-state index contributed by atoms with van der Waals surface area (Å²) in [7, 11) is -6.76. The fraction of sp³-hybridized carbons (Fsp3) is 0.100. The molecule has 13 nitrogen and oxygen atoms in total. The second-order valence-corrected chi connectivity index (χ2v) is 14.1. The molecule has 0 aliphatic carbocycles. The summed E-state index contributed by atoms with van der Waals surface area (Å²) in [6.45, 7) is 0. The Balaban J connectivity index is 1.54. The number of nitrogens with zero attached hydrogens (tertiary/aromatic N) is 4. The van der Waals surface area contributed by atoms with Gasteiger partial charge in [0.05, 0.1) is 14.2 Å². The lowest BCUT2D eigenvalue weighted by Gasteiger charge is -2.19. The van der Waals surface area contributed by atoms with Crippen molar-refractivity contribution < 1.29 is 39.9 Å². The summed E-state index contributed by atoms with van der Waals surface area (Å²) in [5.74, 6) is 0.715. The first-order chi connectivity index (χ1) is 19.1. The van der Waals surface area contributed by atoms with E-state index >= 15 is 0 Å². The van der Waals surface area contributed by atoms with Gasteiger partial charge >= 0.3 is 8.25 Å². The number of thiol groups is 2. The quantitative estimate of drug-likeness (QED) is 0.142. The Morgan fingerprint density at radius 3 is 1.45 bits per heavy atom. The van der Waals surface area contributed by atoms with Gasteiger partial charge in [-0.15, -0.1) is 22.7 Å². The zero-order chi connectivity index (χ0) is 29.0. The molecule has 40 heavy (non-hydrogen) atoms. The van der Waals surface area contributed by atoms with Crippen molar-refractivity contribution >= 4 is 108 Å². The molecule has 0 radical (unpaired) electrons. The second-order valence-electron chi connectivity index (χ2n) is 7.14. The molecule has 0 aliphatic rings. The minimum Gasteiger partial charge on any atom is -0.494 e. The lowest BCUT2D eigenvalue weighted by molar-refractivity contribution is 0.399. The fourth-order valence-corrected chi connectivity index (χ4v) is 7.28. The molecule has 0 saturated carbocycles. The summed E-state index contributed by atoms with van der Waals surface area (Å²) in [6.07, 6.45) is 0. The molecule has 0 bridgehead atoms. The number of rotatable bonds is 12. The van der Waals surface area contributed by atoms with Crippen LogP contribution in [0.15, 0.2) is 55.0 Å². The lowest BCUT2D eigenvalue weighted by Crippen LogP contribution is -2.15. The third kappa shape index (κ3) is 7.07. The van der Waals surface area contributed by atoms with Crippen LogP contribution >= 0.6 is 62.8 Å². The number of halogens is 2. The normalized spacial score (nSPS) is 11.2. The van der Waals surface area contributed by atoms with E-state index in [-0.39, 0.29) is 46.0 Å². The van der Waals surface area contributed by atoms with Crippen molar-refractivity contribution in [3.8, 4) is 23.0 Å². The van der Waals surface area contributed by atoms with Crippen LogP contribution < -0.4 is 27.1 Å². The van der Waals surface area contributed by atoms with Crippen LogP contribution in [0.2, 0.25) is 0 Å². The topological polar surface area (TPSA) is 155 Å². The molecule has 0 unspecified atom stereocenters. The smallest absolute Gasteiger partial charge is 0.418 e. The molecule has 2 aromatic carbocycles. The Labute approximate surface area is 256 Å². The SMILES string of the molecule is COc1cc(O[PH](=O)Oc2ccc(N(c3csc(Br)n3)[SH](=O)=O)c(OC)c2)ccc1N(c1csc(Br)n1)[SH](=O)=O. The number of ether oxygens (including phenoxy) is 2. The molecule has 0 fully saturated rings. The van der Waals surface area contributed by atoms with Gasteiger partial charge in [-0.25, -0.2) is 40.0 Å². The van der Waals surface area contributed by atoms with Gasteiger partial charge in [-0.05, 0) is 56.1 Å². The third-order valence-corrected chi connectivity index (χ3v) is 9.85. The Morgan fingerprint density at radius 2 is 1.15 bits per heavy atom. The Morgan fingerprint density at radius 1 is 0.750 bits per heavy atom. The van der Waals surface area contributed by atoms with Gasteiger partial charge in [0.1, 0.15) is 34.4 Å². The first-order valence-electron chi connectivity index (χ1n) is 10.5. The fourth-order valence-electron chi connectivity index (χ4n) is 3.28. The number of hydrogen-bond donors (Lipinski definition) is 2. The van der Waals surface area contributed by atoms with E-state index in [4.69, 9.17) is 18.5 Å². The lowest BCUT2D eigenvalue weighted by atomic mass is 10.2. The maximum Gasteiger partial charge on any atom is 0.418 e. The van der Waals surface area contributed by atoms with Crippen LogP contribution in [0, 0.1) is 0 Å². The predicted octanol–water partition coefficient (Wildman–Crippen LogP) is 5.32. The highest BCUT2D eigenvalue weighted by atomic mass is 79.9. The number of thiazole rings is 2. The van der Waals surface area contributed by atoms with Crippen LogP contribution in [-0.2, 0) is 26.3 Å². The third-order valence-electron chi connectivity index (χ3n) is 4.85. The minimum absolute atomic E-state index is 0.0808. The van der Waals surface area contributed by atoms with Crippen molar-refractivity contribution in [3.63, 3.8) is 0 Å². The van der Waals surface area contributed by atoms with Gasteiger partial charge < -0.3 is 18.5 Å². The summed E-state index contributed by atoms with van der Waals surface area (Å²) >= 11 is 8.83. The summed E-state index contributed by atoms with van der Waals surface area (Å²) in [5, 5.41) is 3.10. The van der Waals surface area contributed by atoms with Crippen LogP contribution in [0.25, 0.3) is 0 Å². The Hall–Kier alpha value is -2.41. The molecule has 2 heterocycles. The maximum absolute atomic E-state index is 12.7. The number of methoxy groups -OCH3 is 2. The van der Waals surface area contributed by atoms with Crippen LogP contribution in [0.1, 0.15) is 0 Å². The Kier molecular flexibility index (Phi) is 10.3. The van der Waals surface area contributed by atoms with Gasteiger partial charge in [-0.2, -0.15) is 0 Å². The molecule has 0 aliphatic heterocycles. The van der Waals surface area contributed by atoms with Gasteiger partial charge in [0, 0.05) is 22.9 Å². The molecule has 4 rings (SSSR count). The number of hydrogen-bond acceptors (Lipinski definition) is 13. The highest BCUT2D eigenvalue weighted by molar-refractivity contribution is 9.11. The van der Waals surface area contributed by atoms with Crippen LogP contribution in [0.5, 0.6) is 23.0 Å². The van der Waals surface area contributed by atoms with E-state index in [0.717, 1.165) is 8.61 Å². The van der Waals surface area contributed by atoms with E-state index in [9.17, 15) is 21.4 Å². The first-order valence-corrected chi connectivity index (χ1v) is 17.3. The van der Waals surface area contributed by atoms with Crippen LogP contribution in [0.4, 0.5) is 23.0 Å².